The van der Waals surface area contributed by atoms with E-state index in [2.05, 4.69) is 20.6 Å². The van der Waals surface area contributed by atoms with E-state index in [4.69, 9.17) is 5.11 Å². The maximum Gasteiger partial charge on any atom is 0.229 e. The molecule has 0 aliphatic carbocycles. The maximum absolute atomic E-state index is 9.32. The Balaban J connectivity index is 2.03. The van der Waals surface area contributed by atoms with E-state index in [1.165, 1.54) is 0 Å². The van der Waals surface area contributed by atoms with Crippen molar-refractivity contribution in [1.82, 2.24) is 9.97 Å². The number of nitrogens with one attached hydrogen (secondary N) is 2. The molecule has 2 aromatic rings. The Kier molecular flexibility index (Phi) is 5.72. The van der Waals surface area contributed by atoms with E-state index in [0.717, 1.165) is 22.9 Å². The fourth-order valence-electron chi connectivity index (χ4n) is 1.94. The zero-order chi connectivity index (χ0) is 16.8. The van der Waals surface area contributed by atoms with E-state index < -0.39 is 6.10 Å². The van der Waals surface area contributed by atoms with Crippen LogP contribution in [0.15, 0.2) is 30.3 Å². The Labute approximate surface area is 136 Å². The number of aryl methyl sites for hydroxylation is 1. The van der Waals surface area contributed by atoms with E-state index >= 15 is 0 Å². The molecule has 0 aliphatic rings. The van der Waals surface area contributed by atoms with Crippen molar-refractivity contribution in [2.75, 3.05) is 42.8 Å². The second kappa shape index (κ2) is 7.75. The Morgan fingerprint density at radius 2 is 1.78 bits per heavy atom. The molecule has 1 aromatic heterocycles. The number of rotatable bonds is 7. The van der Waals surface area contributed by atoms with E-state index in [1.54, 1.807) is 0 Å². The predicted octanol–water partition coefficient (Wildman–Crippen LogP) is 1.36. The second-order valence-corrected chi connectivity index (χ2v) is 5.51. The monoisotopic (exact) mass is 317 g/mol. The van der Waals surface area contributed by atoms with Crippen LogP contribution >= 0.6 is 0 Å². The summed E-state index contributed by atoms with van der Waals surface area (Å²) in [7, 11) is 3.87. The highest BCUT2D eigenvalue weighted by atomic mass is 16.3. The molecule has 2 rings (SSSR count). The Hall–Kier alpha value is -2.38. The molecule has 0 radical (unpaired) electrons. The van der Waals surface area contributed by atoms with Gasteiger partial charge in [-0.3, -0.25) is 0 Å². The average molecular weight is 317 g/mol. The van der Waals surface area contributed by atoms with Gasteiger partial charge in [0.05, 0.1) is 12.7 Å². The predicted molar refractivity (Wildman–Crippen MR) is 92.4 cm³/mol. The minimum Gasteiger partial charge on any atom is -0.394 e. The topological polar surface area (TPSA) is 93.5 Å². The van der Waals surface area contributed by atoms with Gasteiger partial charge in [0.15, 0.2) is 0 Å². The summed E-state index contributed by atoms with van der Waals surface area (Å²) in [4.78, 5) is 10.8. The molecule has 7 nitrogen and oxygen atoms in total. The number of aromatic nitrogens is 2. The molecule has 23 heavy (non-hydrogen) atoms. The largest absolute Gasteiger partial charge is 0.394 e. The zero-order valence-corrected chi connectivity index (χ0v) is 13.6. The van der Waals surface area contributed by atoms with Gasteiger partial charge in [0.2, 0.25) is 5.95 Å². The number of aliphatic hydroxyl groups is 2. The smallest absolute Gasteiger partial charge is 0.229 e. The van der Waals surface area contributed by atoms with Crippen LogP contribution in [0.2, 0.25) is 0 Å². The second-order valence-electron chi connectivity index (χ2n) is 5.51. The third-order valence-corrected chi connectivity index (χ3v) is 3.19. The molecule has 0 fully saturated rings. The lowest BCUT2D eigenvalue weighted by Gasteiger charge is -2.14. The van der Waals surface area contributed by atoms with Crippen LogP contribution in [-0.4, -0.2) is 53.5 Å². The van der Waals surface area contributed by atoms with Gasteiger partial charge < -0.3 is 25.7 Å². The first kappa shape index (κ1) is 17.0. The molecule has 0 bridgehead atoms. The van der Waals surface area contributed by atoms with Crippen LogP contribution < -0.4 is 15.5 Å². The van der Waals surface area contributed by atoms with Gasteiger partial charge >= 0.3 is 0 Å². The summed E-state index contributed by atoms with van der Waals surface area (Å²) < 4.78 is 0. The number of nitrogens with zero attached hydrogens (tertiary/aromatic N) is 3. The number of hydrogen-bond donors (Lipinski definition) is 4. The van der Waals surface area contributed by atoms with Crippen molar-refractivity contribution in [2.45, 2.75) is 13.0 Å². The molecule has 1 aromatic carbocycles. The van der Waals surface area contributed by atoms with Crippen LogP contribution in [0.5, 0.6) is 0 Å². The summed E-state index contributed by atoms with van der Waals surface area (Å²) in [5, 5.41) is 24.3. The molecule has 1 heterocycles. The SMILES string of the molecule is Cc1cc(N(C)C)nc(Nc2ccc(NCC(O)CO)cc2)n1. The first-order valence-corrected chi connectivity index (χ1v) is 7.41. The van der Waals surface area contributed by atoms with Crippen molar-refractivity contribution < 1.29 is 10.2 Å². The zero-order valence-electron chi connectivity index (χ0n) is 13.6. The fourth-order valence-corrected chi connectivity index (χ4v) is 1.94. The Morgan fingerprint density at radius 3 is 2.39 bits per heavy atom. The molecule has 1 atom stereocenters. The van der Waals surface area contributed by atoms with Crippen LogP contribution in [0.25, 0.3) is 0 Å². The Morgan fingerprint density at radius 1 is 1.13 bits per heavy atom. The van der Waals surface area contributed by atoms with Crippen molar-refractivity contribution in [3.63, 3.8) is 0 Å². The summed E-state index contributed by atoms with van der Waals surface area (Å²) in [5.74, 6) is 1.39. The van der Waals surface area contributed by atoms with Crippen LogP contribution in [0.4, 0.5) is 23.1 Å². The minimum atomic E-state index is -0.766. The lowest BCUT2D eigenvalue weighted by Crippen LogP contribution is -2.22. The highest BCUT2D eigenvalue weighted by molar-refractivity contribution is 5.59. The van der Waals surface area contributed by atoms with Gasteiger partial charge in [0.25, 0.3) is 0 Å². The lowest BCUT2D eigenvalue weighted by atomic mass is 10.2. The van der Waals surface area contributed by atoms with Crippen LogP contribution in [0.1, 0.15) is 5.69 Å². The Bertz CT molecular complexity index is 631. The van der Waals surface area contributed by atoms with Gasteiger partial charge in [-0.1, -0.05) is 0 Å². The van der Waals surface area contributed by atoms with Gasteiger partial charge in [-0.25, -0.2) is 4.98 Å². The summed E-state index contributed by atoms with van der Waals surface area (Å²) >= 11 is 0. The van der Waals surface area contributed by atoms with Crippen molar-refractivity contribution in [1.29, 1.82) is 0 Å². The first-order chi connectivity index (χ1) is 11.0. The molecule has 0 spiro atoms. The molecular weight excluding hydrogens is 294 g/mol. The molecule has 0 saturated heterocycles. The summed E-state index contributed by atoms with van der Waals surface area (Å²) in [6.45, 7) is 1.97. The summed E-state index contributed by atoms with van der Waals surface area (Å²) in [6.07, 6.45) is -0.766. The van der Waals surface area contributed by atoms with E-state index in [9.17, 15) is 5.11 Å². The molecule has 0 saturated carbocycles. The molecular formula is C16H23N5O2. The van der Waals surface area contributed by atoms with Gasteiger partial charge in [-0.2, -0.15) is 4.98 Å². The van der Waals surface area contributed by atoms with Gasteiger partial charge in [0.1, 0.15) is 5.82 Å². The molecule has 4 N–H and O–H groups in total. The van der Waals surface area contributed by atoms with Gasteiger partial charge in [-0.15, -0.1) is 0 Å². The van der Waals surface area contributed by atoms with E-state index in [-0.39, 0.29) is 6.61 Å². The maximum atomic E-state index is 9.32. The molecule has 0 aliphatic heterocycles. The summed E-state index contributed by atoms with van der Waals surface area (Å²) in [6, 6.07) is 9.48. The highest BCUT2D eigenvalue weighted by Crippen LogP contribution is 2.19. The highest BCUT2D eigenvalue weighted by Gasteiger charge is 2.05. The molecule has 1 unspecified atom stereocenters. The van der Waals surface area contributed by atoms with Crippen LogP contribution in [-0.2, 0) is 0 Å². The van der Waals surface area contributed by atoms with Crippen molar-refractivity contribution in [2.24, 2.45) is 0 Å². The molecule has 0 amide bonds. The van der Waals surface area contributed by atoms with Gasteiger partial charge in [-0.05, 0) is 31.2 Å². The van der Waals surface area contributed by atoms with Crippen LogP contribution in [0.3, 0.4) is 0 Å². The molecule has 7 heteroatoms. The van der Waals surface area contributed by atoms with Crippen molar-refractivity contribution in [3.05, 3.63) is 36.0 Å². The third-order valence-electron chi connectivity index (χ3n) is 3.19. The summed E-state index contributed by atoms with van der Waals surface area (Å²) in [5.41, 5.74) is 2.62. The van der Waals surface area contributed by atoms with Crippen molar-refractivity contribution in [3.8, 4) is 0 Å². The lowest BCUT2D eigenvalue weighted by molar-refractivity contribution is 0.105. The quantitative estimate of drug-likeness (QED) is 0.612. The van der Waals surface area contributed by atoms with E-state index in [1.807, 2.05) is 56.3 Å². The number of anilines is 4. The number of aliphatic hydroxyl groups excluding tert-OH is 2. The van der Waals surface area contributed by atoms with Crippen LogP contribution in [0, 0.1) is 6.92 Å². The number of hydrogen-bond acceptors (Lipinski definition) is 7. The third kappa shape index (κ3) is 5.08. The van der Waals surface area contributed by atoms with Gasteiger partial charge in [0, 0.05) is 43.8 Å². The molecule has 124 valence electrons. The fraction of sp³-hybridized carbons (Fsp3) is 0.375. The standard InChI is InChI=1S/C16H23N5O2/c1-11-8-15(21(2)3)20-16(18-11)19-13-6-4-12(5-7-13)17-9-14(23)10-22/h4-8,14,17,22-23H,9-10H2,1-3H3,(H,18,19,20). The average Bonchev–Trinajstić information content (AvgIpc) is 2.53. The normalized spacial score (nSPS) is 11.9. The first-order valence-electron chi connectivity index (χ1n) is 7.41. The number of benzene rings is 1. The minimum absolute atomic E-state index is 0.258. The van der Waals surface area contributed by atoms with Crippen molar-refractivity contribution >= 4 is 23.1 Å². The van der Waals surface area contributed by atoms with E-state index in [0.29, 0.717) is 12.5 Å².